The molecule has 1 aliphatic carbocycles. The lowest BCUT2D eigenvalue weighted by Crippen LogP contribution is -2.54. The molecule has 4 aliphatic rings. The van der Waals surface area contributed by atoms with Crippen LogP contribution in [0.25, 0.3) is 11.0 Å². The van der Waals surface area contributed by atoms with Gasteiger partial charge in [0.05, 0.1) is 11.8 Å². The van der Waals surface area contributed by atoms with Crippen molar-refractivity contribution in [2.24, 2.45) is 11.3 Å². The van der Waals surface area contributed by atoms with Gasteiger partial charge in [0.1, 0.15) is 22.7 Å². The Kier molecular flexibility index (Phi) is 14.4. The molecule has 0 bridgehead atoms. The minimum absolute atomic E-state index is 0.00218. The minimum Gasteiger partial charge on any atom is -0.455 e. The van der Waals surface area contributed by atoms with Crippen molar-refractivity contribution in [3.05, 3.63) is 102 Å². The zero-order chi connectivity index (χ0) is 48.5. The van der Waals surface area contributed by atoms with Crippen LogP contribution in [-0.2, 0) is 4.74 Å². The molecule has 3 aromatic carbocycles. The lowest BCUT2D eigenvalue weighted by molar-refractivity contribution is -0.0328. The number of piperidine rings is 2. The number of ether oxygens (including phenoxy) is 2. The molecule has 5 aromatic rings. The van der Waals surface area contributed by atoms with Crippen molar-refractivity contribution in [1.29, 1.82) is 0 Å². The summed E-state index contributed by atoms with van der Waals surface area (Å²) in [5, 5.41) is 4.10. The van der Waals surface area contributed by atoms with Gasteiger partial charge in [-0.3, -0.25) is 14.4 Å². The van der Waals surface area contributed by atoms with Gasteiger partial charge in [0.25, 0.3) is 5.91 Å². The Morgan fingerprint density at radius 1 is 0.928 bits per heavy atom. The molecule has 3 aliphatic heterocycles. The van der Waals surface area contributed by atoms with Crippen LogP contribution in [0.2, 0.25) is 0 Å². The minimum atomic E-state index is -4.53. The van der Waals surface area contributed by atoms with E-state index in [0.717, 1.165) is 54.6 Å². The monoisotopic (exact) mass is 983 g/mol. The smallest absolute Gasteiger partial charge is 0.446 e. The topological polar surface area (TPSA) is 115 Å². The van der Waals surface area contributed by atoms with E-state index in [2.05, 4.69) is 67.9 Å². The van der Waals surface area contributed by atoms with Crippen LogP contribution in [0, 0.1) is 11.3 Å². The van der Waals surface area contributed by atoms with Gasteiger partial charge < -0.3 is 29.6 Å². The number of nitrogens with one attached hydrogen (secondary N) is 3. The third-order valence-corrected chi connectivity index (χ3v) is 15.9. The van der Waals surface area contributed by atoms with Gasteiger partial charge in [0.2, 0.25) is 0 Å². The Morgan fingerprint density at radius 2 is 1.70 bits per heavy atom. The third kappa shape index (κ3) is 11.8. The van der Waals surface area contributed by atoms with Gasteiger partial charge in [0, 0.05) is 83.6 Å². The number of fused-ring (bicyclic) bond motifs is 1. The number of likely N-dealkylation sites (tertiary alicyclic amines) is 2. The molecule has 9 rings (SSSR count). The largest absolute Gasteiger partial charge is 0.455 e. The van der Waals surface area contributed by atoms with E-state index < -0.39 is 17.0 Å². The zero-order valence-electron chi connectivity index (χ0n) is 40.2. The summed E-state index contributed by atoms with van der Waals surface area (Å²) in [6.07, 6.45) is 11.6. The van der Waals surface area contributed by atoms with E-state index in [9.17, 15) is 22.8 Å². The maximum absolute atomic E-state index is 14.0. The Labute approximate surface area is 412 Å². The van der Waals surface area contributed by atoms with Crippen molar-refractivity contribution in [2.75, 3.05) is 49.5 Å². The molecule has 0 radical (unpaired) electrons. The summed E-state index contributed by atoms with van der Waals surface area (Å²) in [7, 11) is 0. The number of benzene rings is 3. The molecule has 11 nitrogen and oxygen atoms in total. The fourth-order valence-corrected chi connectivity index (χ4v) is 12.2. The molecular weight excluding hydrogens is 920 g/mol. The highest BCUT2D eigenvalue weighted by molar-refractivity contribution is 8.00. The number of H-pyrrole nitrogens is 1. The van der Waals surface area contributed by atoms with Gasteiger partial charge in [-0.1, -0.05) is 38.1 Å². The zero-order valence-corrected chi connectivity index (χ0v) is 41.8. The molecule has 1 spiro atoms. The van der Waals surface area contributed by atoms with Gasteiger partial charge in [-0.15, -0.1) is 0 Å². The number of aromatic amines is 1. The van der Waals surface area contributed by atoms with Crippen LogP contribution in [0.3, 0.4) is 0 Å². The van der Waals surface area contributed by atoms with Crippen LogP contribution in [0.5, 0.6) is 11.5 Å². The lowest BCUT2D eigenvalue weighted by Gasteiger charge is -2.56. The quantitative estimate of drug-likeness (QED) is 0.0778. The fourth-order valence-electron chi connectivity index (χ4n) is 10.8. The molecule has 1 unspecified atom stereocenters. The van der Waals surface area contributed by atoms with E-state index in [1.807, 2.05) is 51.2 Å². The average molecular weight is 984 g/mol. The second-order valence-electron chi connectivity index (χ2n) is 20.6. The highest BCUT2D eigenvalue weighted by atomic mass is 32.2. The van der Waals surface area contributed by atoms with E-state index >= 15 is 0 Å². The molecule has 1 atom stereocenters. The standard InChI is InChI=1S/C53H64F3N7O4S2/c1-34(2)41-9-6-7-10-42(41)45-11-8-22-63(45)38-30-52(31-38)19-25-61(26-20-52)37-12-14-43(46(28-37)66-39-27-36-16-21-57-48(36)59-33-39)49(64)60-69-40-13-15-44(47(29-40)68-53(54,55)56)58-32-35-17-23-62(24-18-35)50(65)67-51(3,4)5/h6-7,9-10,12-16,21,27-29,33-35,38,45,58H,8,11,17-20,22-26,30-32H2,1-5H3,(H,57,59)(H,60,64). The predicted octanol–water partition coefficient (Wildman–Crippen LogP) is 13.2. The number of hydrogen-bond acceptors (Lipinski definition) is 10. The molecule has 16 heteroatoms. The number of nitrogens with zero attached hydrogens (tertiary/aromatic N) is 4. The van der Waals surface area contributed by atoms with E-state index in [0.29, 0.717) is 78.0 Å². The van der Waals surface area contributed by atoms with Crippen molar-refractivity contribution in [3.8, 4) is 11.5 Å². The first-order chi connectivity index (χ1) is 33.0. The fraction of sp³-hybridized carbons (Fsp3) is 0.491. The van der Waals surface area contributed by atoms with Crippen LogP contribution in [-0.4, -0.2) is 88.2 Å². The van der Waals surface area contributed by atoms with Gasteiger partial charge >= 0.3 is 11.6 Å². The van der Waals surface area contributed by atoms with Gasteiger partial charge in [-0.2, -0.15) is 13.2 Å². The highest BCUT2D eigenvalue weighted by Crippen LogP contribution is 2.54. The summed E-state index contributed by atoms with van der Waals surface area (Å²) in [5.74, 6) is 1.05. The van der Waals surface area contributed by atoms with E-state index in [1.54, 1.807) is 29.3 Å². The van der Waals surface area contributed by atoms with Crippen LogP contribution in [0.1, 0.15) is 119 Å². The van der Waals surface area contributed by atoms with Crippen LogP contribution >= 0.6 is 23.7 Å². The second-order valence-corrected chi connectivity index (χ2v) is 22.6. The van der Waals surface area contributed by atoms with Crippen molar-refractivity contribution < 1.29 is 32.2 Å². The molecule has 4 fully saturated rings. The molecule has 3 saturated heterocycles. The maximum atomic E-state index is 14.0. The Balaban J connectivity index is 0.849. The number of thioether (sulfide) groups is 1. The molecule has 368 valence electrons. The number of aromatic nitrogens is 2. The van der Waals surface area contributed by atoms with Crippen LogP contribution in [0.15, 0.2) is 95.0 Å². The molecule has 2 amide bonds. The number of halogens is 3. The molecule has 5 heterocycles. The van der Waals surface area contributed by atoms with Crippen LogP contribution in [0.4, 0.5) is 29.3 Å². The van der Waals surface area contributed by atoms with E-state index in [1.165, 1.54) is 49.4 Å². The Bertz CT molecular complexity index is 2610. The first kappa shape index (κ1) is 48.9. The van der Waals surface area contributed by atoms with Crippen molar-refractivity contribution in [1.82, 2.24) is 24.5 Å². The van der Waals surface area contributed by atoms with Crippen LogP contribution < -0.4 is 19.7 Å². The van der Waals surface area contributed by atoms with E-state index in [4.69, 9.17) is 9.47 Å². The number of carbonyl (C=O) groups is 2. The number of alkyl halides is 3. The predicted molar refractivity (Wildman–Crippen MR) is 269 cm³/mol. The number of carbonyl (C=O) groups excluding carboxylic acids is 2. The SMILES string of the molecule is CC(C)c1ccccc1C1CCCN1C1CC2(CCN(c3ccc(C(=O)NSc4ccc(NCC5CCN(C(=O)OC(C)(C)C)CC5)c(SC(F)(F)F)c4)c(Oc4cnc5[nH]ccc5c4)c3)CC2)C1. The first-order valence-corrected chi connectivity index (χ1v) is 26.0. The molecule has 2 aromatic heterocycles. The number of amides is 2. The van der Waals surface area contributed by atoms with Crippen molar-refractivity contribution >= 4 is 58.1 Å². The summed E-state index contributed by atoms with van der Waals surface area (Å²) in [5.41, 5.74) is 0.536. The molecule has 3 N–H and O–H groups in total. The van der Waals surface area contributed by atoms with Gasteiger partial charge in [-0.05, 0) is 173 Å². The normalized spacial score (nSPS) is 19.3. The Morgan fingerprint density at radius 3 is 2.43 bits per heavy atom. The Hall–Kier alpha value is -5.06. The highest BCUT2D eigenvalue weighted by Gasteiger charge is 2.50. The summed E-state index contributed by atoms with van der Waals surface area (Å²) in [6, 6.07) is 24.3. The molecule has 1 saturated carbocycles. The first-order valence-electron chi connectivity index (χ1n) is 24.4. The van der Waals surface area contributed by atoms with Gasteiger partial charge in [-0.25, -0.2) is 9.78 Å². The number of pyridine rings is 1. The summed E-state index contributed by atoms with van der Waals surface area (Å²) in [4.78, 5) is 41.5. The maximum Gasteiger partial charge on any atom is 0.446 e. The van der Waals surface area contributed by atoms with Gasteiger partial charge in [0.15, 0.2) is 0 Å². The average Bonchev–Trinajstić information content (AvgIpc) is 3.99. The summed E-state index contributed by atoms with van der Waals surface area (Å²) < 4.78 is 56.5. The number of anilines is 2. The second kappa shape index (κ2) is 20.3. The third-order valence-electron chi connectivity index (χ3n) is 14.4. The number of rotatable bonds is 13. The van der Waals surface area contributed by atoms with E-state index in [-0.39, 0.29) is 34.2 Å². The van der Waals surface area contributed by atoms with Crippen molar-refractivity contribution in [2.45, 2.75) is 125 Å². The number of hydrogen-bond donors (Lipinski definition) is 3. The summed E-state index contributed by atoms with van der Waals surface area (Å²) in [6.45, 7) is 14.5. The molecule has 69 heavy (non-hydrogen) atoms. The van der Waals surface area contributed by atoms with Crippen molar-refractivity contribution in [3.63, 3.8) is 0 Å². The lowest BCUT2D eigenvalue weighted by atomic mass is 9.59. The summed E-state index contributed by atoms with van der Waals surface area (Å²) >= 11 is 0.757. The molecular formula is C53H64F3N7O4S2.